The molecular weight excluding hydrogens is 625 g/mol. The Kier molecular flexibility index (Phi) is 17.0. The van der Waals surface area contributed by atoms with Gasteiger partial charge >= 0.3 is 8.80 Å². The molecule has 0 saturated heterocycles. The molecule has 0 bridgehead atoms. The summed E-state index contributed by atoms with van der Waals surface area (Å²) in [6, 6.07) is 30.5. The lowest BCUT2D eigenvalue weighted by atomic mass is 9.74. The molecule has 0 N–H and O–H groups in total. The molecular formula is C43H64O5Si. The molecule has 6 heteroatoms. The van der Waals surface area contributed by atoms with E-state index in [9.17, 15) is 0 Å². The Bertz CT molecular complexity index is 1300. The number of hydrogen-bond acceptors (Lipinski definition) is 5. The van der Waals surface area contributed by atoms with Crippen LogP contribution in [0.2, 0.25) is 6.04 Å². The summed E-state index contributed by atoms with van der Waals surface area (Å²) in [5.74, 6) is 1.99. The first-order valence-corrected chi connectivity index (χ1v) is 21.1. The fraction of sp³-hybridized carbons (Fsp3) is 0.581. The fourth-order valence-corrected chi connectivity index (χ4v) is 10.1. The number of fused-ring (bicyclic) bond motifs is 1. The molecule has 3 aromatic rings. The van der Waals surface area contributed by atoms with Gasteiger partial charge in [-0.1, -0.05) is 99.1 Å². The van der Waals surface area contributed by atoms with Crippen LogP contribution in [0.5, 0.6) is 0 Å². The minimum Gasteiger partial charge on any atom is -0.379 e. The molecule has 1 aliphatic rings. The van der Waals surface area contributed by atoms with Crippen LogP contribution >= 0.6 is 0 Å². The fourth-order valence-electron chi connectivity index (χ4n) is 7.52. The minimum absolute atomic E-state index is 0.000359. The molecule has 5 unspecified atom stereocenters. The van der Waals surface area contributed by atoms with Gasteiger partial charge in [0.25, 0.3) is 0 Å². The predicted octanol–water partition coefficient (Wildman–Crippen LogP) is 10.5. The molecule has 0 aliphatic heterocycles. The highest BCUT2D eigenvalue weighted by molar-refractivity contribution is 6.60. The summed E-state index contributed by atoms with van der Waals surface area (Å²) < 4.78 is 30.6. The first-order valence-electron chi connectivity index (χ1n) is 19.2. The Hall–Kier alpha value is -2.32. The van der Waals surface area contributed by atoms with Crippen LogP contribution in [0.1, 0.15) is 119 Å². The monoisotopic (exact) mass is 688 g/mol. The van der Waals surface area contributed by atoms with Crippen molar-refractivity contribution in [2.75, 3.05) is 40.1 Å². The van der Waals surface area contributed by atoms with Crippen molar-refractivity contribution in [3.8, 4) is 0 Å². The lowest BCUT2D eigenvalue weighted by Gasteiger charge is -2.32. The summed E-state index contributed by atoms with van der Waals surface area (Å²) in [6.45, 7) is 13.7. The Labute approximate surface area is 299 Å². The van der Waals surface area contributed by atoms with Crippen LogP contribution in [0, 0.1) is 5.92 Å². The molecule has 0 aromatic heterocycles. The number of methoxy groups -OCH3 is 1. The highest BCUT2D eigenvalue weighted by Gasteiger charge is 2.39. The highest BCUT2D eigenvalue weighted by atomic mass is 28.4. The SMILES string of the molecule is CCO[Si](CCCOCC(CC(CC(CC(CC(C)CC)c1ccccc1)c1ccc2c(c1)CC2)c1ccccc1)OC)(OCC)OCC. The molecule has 270 valence electrons. The molecule has 0 spiro atoms. The van der Waals surface area contributed by atoms with E-state index in [4.69, 9.17) is 22.8 Å². The van der Waals surface area contributed by atoms with Crippen LogP contribution in [-0.2, 0) is 35.6 Å². The van der Waals surface area contributed by atoms with Crippen molar-refractivity contribution in [2.24, 2.45) is 5.92 Å². The zero-order chi connectivity index (χ0) is 34.9. The molecule has 5 atom stereocenters. The van der Waals surface area contributed by atoms with Crippen molar-refractivity contribution in [2.45, 2.75) is 116 Å². The van der Waals surface area contributed by atoms with Crippen molar-refractivity contribution in [1.82, 2.24) is 0 Å². The Morgan fingerprint density at radius 1 is 0.633 bits per heavy atom. The molecule has 5 nitrogen and oxygen atoms in total. The summed E-state index contributed by atoms with van der Waals surface area (Å²) in [7, 11) is -0.835. The van der Waals surface area contributed by atoms with E-state index in [0.717, 1.165) is 31.7 Å². The van der Waals surface area contributed by atoms with E-state index >= 15 is 0 Å². The molecule has 0 saturated carbocycles. The summed E-state index contributed by atoms with van der Waals surface area (Å²) in [5, 5.41) is 0. The van der Waals surface area contributed by atoms with Crippen molar-refractivity contribution in [1.29, 1.82) is 0 Å². The summed E-state index contributed by atoms with van der Waals surface area (Å²) >= 11 is 0. The number of rotatable bonds is 25. The minimum atomic E-state index is -2.67. The molecule has 0 amide bonds. The number of ether oxygens (including phenoxy) is 2. The average molecular weight is 689 g/mol. The van der Waals surface area contributed by atoms with E-state index in [1.807, 2.05) is 27.9 Å². The van der Waals surface area contributed by atoms with Gasteiger partial charge in [-0.15, -0.1) is 0 Å². The lowest BCUT2D eigenvalue weighted by molar-refractivity contribution is -0.00129. The Balaban J connectivity index is 1.51. The van der Waals surface area contributed by atoms with Crippen LogP contribution in [0.15, 0.2) is 78.9 Å². The zero-order valence-corrected chi connectivity index (χ0v) is 32.3. The van der Waals surface area contributed by atoms with Gasteiger partial charge in [0, 0.05) is 39.6 Å². The molecule has 3 aromatic carbocycles. The lowest BCUT2D eigenvalue weighted by Crippen LogP contribution is -2.46. The van der Waals surface area contributed by atoms with Crippen LogP contribution in [0.4, 0.5) is 0 Å². The van der Waals surface area contributed by atoms with Gasteiger partial charge in [-0.05, 0) is 117 Å². The van der Waals surface area contributed by atoms with Crippen molar-refractivity contribution >= 4 is 8.80 Å². The average Bonchev–Trinajstić information content (AvgIpc) is 3.11. The number of aryl methyl sites for hydroxylation is 2. The molecule has 49 heavy (non-hydrogen) atoms. The Morgan fingerprint density at radius 3 is 1.67 bits per heavy atom. The van der Waals surface area contributed by atoms with Crippen molar-refractivity contribution in [3.05, 3.63) is 107 Å². The summed E-state index contributed by atoms with van der Waals surface area (Å²) in [4.78, 5) is 0. The van der Waals surface area contributed by atoms with Crippen LogP contribution in [0.25, 0.3) is 0 Å². The standard InChI is InChI=1S/C43H64O5Si/c1-7-34(5)28-40(35-18-13-11-14-19-35)30-41(39-25-23-37-22-24-38(37)29-39)31-42(36-20-15-12-16-21-36)32-43(44-6)33-45-26-17-27-49(46-8-2,47-9-3)48-10-4/h11-16,18-21,23,25,29,34,40-43H,7-10,17,22,24,26-28,30-33H2,1-6H3. The second-order valence-electron chi connectivity index (χ2n) is 13.9. The van der Waals surface area contributed by atoms with E-state index < -0.39 is 8.80 Å². The topological polar surface area (TPSA) is 46.2 Å². The normalized spacial score (nSPS) is 16.0. The second kappa shape index (κ2) is 21.1. The van der Waals surface area contributed by atoms with Gasteiger partial charge in [0.2, 0.25) is 0 Å². The third kappa shape index (κ3) is 12.2. The van der Waals surface area contributed by atoms with Gasteiger partial charge in [0.05, 0.1) is 12.7 Å². The van der Waals surface area contributed by atoms with Gasteiger partial charge in [-0.3, -0.25) is 0 Å². The number of benzene rings is 3. The van der Waals surface area contributed by atoms with E-state index in [1.165, 1.54) is 47.9 Å². The maximum atomic E-state index is 6.29. The maximum Gasteiger partial charge on any atom is 0.501 e. The van der Waals surface area contributed by atoms with Crippen LogP contribution in [0.3, 0.4) is 0 Å². The summed E-state index contributed by atoms with van der Waals surface area (Å²) in [6.07, 6.45) is 8.83. The third-order valence-corrected chi connectivity index (χ3v) is 13.6. The van der Waals surface area contributed by atoms with Gasteiger partial charge in [-0.25, -0.2) is 0 Å². The van der Waals surface area contributed by atoms with E-state index in [1.54, 1.807) is 5.56 Å². The molecule has 0 radical (unpaired) electrons. The van der Waals surface area contributed by atoms with Gasteiger partial charge < -0.3 is 22.8 Å². The second-order valence-corrected chi connectivity index (χ2v) is 16.6. The molecule has 0 fully saturated rings. The molecule has 1 aliphatic carbocycles. The predicted molar refractivity (Wildman–Crippen MR) is 205 cm³/mol. The maximum absolute atomic E-state index is 6.29. The highest BCUT2D eigenvalue weighted by Crippen LogP contribution is 2.42. The quantitative estimate of drug-likeness (QED) is 0.0655. The Morgan fingerprint density at radius 2 is 1.18 bits per heavy atom. The van der Waals surface area contributed by atoms with Gasteiger partial charge in [0.15, 0.2) is 0 Å². The van der Waals surface area contributed by atoms with Crippen LogP contribution < -0.4 is 0 Å². The van der Waals surface area contributed by atoms with Crippen LogP contribution in [-0.4, -0.2) is 55.1 Å². The van der Waals surface area contributed by atoms with E-state index in [2.05, 4.69) is 92.7 Å². The molecule has 0 heterocycles. The van der Waals surface area contributed by atoms with Crippen molar-refractivity contribution in [3.63, 3.8) is 0 Å². The summed E-state index contributed by atoms with van der Waals surface area (Å²) in [5.41, 5.74) is 7.44. The van der Waals surface area contributed by atoms with E-state index in [-0.39, 0.29) is 6.10 Å². The first-order chi connectivity index (χ1) is 23.9. The molecule has 4 rings (SSSR count). The van der Waals surface area contributed by atoms with E-state index in [0.29, 0.717) is 56.7 Å². The zero-order valence-electron chi connectivity index (χ0n) is 31.3. The number of hydrogen-bond donors (Lipinski definition) is 0. The largest absolute Gasteiger partial charge is 0.501 e. The van der Waals surface area contributed by atoms with Gasteiger partial charge in [-0.2, -0.15) is 0 Å². The smallest absolute Gasteiger partial charge is 0.379 e. The first kappa shape index (κ1) is 39.5. The third-order valence-electron chi connectivity index (χ3n) is 10.5. The van der Waals surface area contributed by atoms with Gasteiger partial charge in [0.1, 0.15) is 0 Å². The van der Waals surface area contributed by atoms with Crippen molar-refractivity contribution < 1.29 is 22.8 Å².